The Bertz CT molecular complexity index is 648. The van der Waals surface area contributed by atoms with E-state index in [0.717, 1.165) is 11.6 Å². The summed E-state index contributed by atoms with van der Waals surface area (Å²) < 4.78 is 18.5. The lowest BCUT2D eigenvalue weighted by atomic mass is 10.1. The second-order valence-electron chi connectivity index (χ2n) is 4.98. The molecule has 2 rings (SSSR count). The van der Waals surface area contributed by atoms with Crippen LogP contribution in [0, 0.1) is 5.82 Å². The van der Waals surface area contributed by atoms with Crippen LogP contribution >= 0.6 is 11.6 Å². The summed E-state index contributed by atoms with van der Waals surface area (Å²) in [6.45, 7) is 3.51. The van der Waals surface area contributed by atoms with E-state index in [1.165, 1.54) is 12.1 Å². The number of amides is 1. The molecule has 0 aliphatic carbocycles. The van der Waals surface area contributed by atoms with Crippen molar-refractivity contribution < 1.29 is 13.9 Å². The zero-order valence-electron chi connectivity index (χ0n) is 12.3. The van der Waals surface area contributed by atoms with E-state index in [1.807, 2.05) is 37.3 Å². The van der Waals surface area contributed by atoms with Gasteiger partial charge in [0.25, 0.3) is 5.91 Å². The lowest BCUT2D eigenvalue weighted by Gasteiger charge is -2.19. The largest absolute Gasteiger partial charge is 0.479 e. The summed E-state index contributed by atoms with van der Waals surface area (Å²) in [5, 5.41) is 3.00. The Morgan fingerprint density at radius 2 is 1.86 bits per heavy atom. The van der Waals surface area contributed by atoms with E-state index < -0.39 is 11.9 Å². The third kappa shape index (κ3) is 4.21. The lowest BCUT2D eigenvalue weighted by molar-refractivity contribution is -0.127. The fourth-order valence-corrected chi connectivity index (χ4v) is 2.18. The van der Waals surface area contributed by atoms with Gasteiger partial charge in [0.2, 0.25) is 0 Å². The van der Waals surface area contributed by atoms with E-state index in [0.29, 0.717) is 0 Å². The van der Waals surface area contributed by atoms with E-state index in [2.05, 4.69) is 5.32 Å². The quantitative estimate of drug-likeness (QED) is 0.899. The number of hydrogen-bond donors (Lipinski definition) is 1. The van der Waals surface area contributed by atoms with E-state index in [1.54, 1.807) is 6.92 Å². The van der Waals surface area contributed by atoms with Crippen molar-refractivity contribution in [2.75, 3.05) is 0 Å². The van der Waals surface area contributed by atoms with E-state index in [4.69, 9.17) is 16.3 Å². The summed E-state index contributed by atoms with van der Waals surface area (Å²) in [5.74, 6) is -0.443. The first-order valence-corrected chi connectivity index (χ1v) is 7.32. The van der Waals surface area contributed by atoms with Crippen LogP contribution in [-0.2, 0) is 4.79 Å². The molecule has 0 spiro atoms. The molecule has 116 valence electrons. The molecule has 2 aromatic carbocycles. The van der Waals surface area contributed by atoms with Gasteiger partial charge in [-0.1, -0.05) is 41.9 Å². The summed E-state index contributed by atoms with van der Waals surface area (Å²) in [4.78, 5) is 12.2. The van der Waals surface area contributed by atoms with Crippen molar-refractivity contribution in [2.45, 2.75) is 26.0 Å². The number of nitrogens with one attached hydrogen (secondary N) is 1. The molecule has 3 nitrogen and oxygen atoms in total. The third-order valence-corrected chi connectivity index (χ3v) is 3.52. The second-order valence-corrected chi connectivity index (χ2v) is 5.38. The van der Waals surface area contributed by atoms with Gasteiger partial charge < -0.3 is 10.1 Å². The normalized spacial score (nSPS) is 13.3. The first kappa shape index (κ1) is 16.3. The van der Waals surface area contributed by atoms with Gasteiger partial charge in [-0.25, -0.2) is 4.39 Å². The topological polar surface area (TPSA) is 38.3 Å². The van der Waals surface area contributed by atoms with Crippen molar-refractivity contribution in [3.05, 3.63) is 64.9 Å². The molecule has 1 N–H and O–H groups in total. The van der Waals surface area contributed by atoms with Crippen LogP contribution in [-0.4, -0.2) is 12.0 Å². The Morgan fingerprint density at radius 1 is 1.18 bits per heavy atom. The van der Waals surface area contributed by atoms with Gasteiger partial charge in [-0.15, -0.1) is 0 Å². The fourth-order valence-electron chi connectivity index (χ4n) is 1.97. The van der Waals surface area contributed by atoms with Crippen molar-refractivity contribution in [1.82, 2.24) is 5.32 Å². The first-order valence-electron chi connectivity index (χ1n) is 6.94. The zero-order valence-corrected chi connectivity index (χ0v) is 13.1. The number of carbonyl (C=O) groups excluding carboxylic acids is 1. The average Bonchev–Trinajstić information content (AvgIpc) is 2.50. The molecule has 0 fully saturated rings. The molecule has 0 heterocycles. The van der Waals surface area contributed by atoms with Crippen molar-refractivity contribution >= 4 is 17.5 Å². The minimum atomic E-state index is -0.742. The maximum absolute atomic E-state index is 13.0. The van der Waals surface area contributed by atoms with Gasteiger partial charge in [0.05, 0.1) is 11.1 Å². The van der Waals surface area contributed by atoms with Crippen LogP contribution in [0.3, 0.4) is 0 Å². The van der Waals surface area contributed by atoms with Gasteiger partial charge in [0, 0.05) is 0 Å². The molecule has 1 amide bonds. The summed E-state index contributed by atoms with van der Waals surface area (Å²) in [6.07, 6.45) is -0.742. The van der Waals surface area contributed by atoms with Gasteiger partial charge in [0.1, 0.15) is 11.6 Å². The Morgan fingerprint density at radius 3 is 2.50 bits per heavy atom. The maximum Gasteiger partial charge on any atom is 0.261 e. The highest BCUT2D eigenvalue weighted by molar-refractivity contribution is 6.32. The molecule has 0 aromatic heterocycles. The Hall–Kier alpha value is -2.07. The molecule has 5 heteroatoms. The molecule has 0 bridgehead atoms. The molecule has 2 atom stereocenters. The van der Waals surface area contributed by atoms with E-state index in [-0.39, 0.29) is 22.7 Å². The molecule has 0 aliphatic heterocycles. The molecular formula is C17H17ClFNO2. The molecule has 0 saturated carbocycles. The summed E-state index contributed by atoms with van der Waals surface area (Å²) >= 11 is 5.88. The standard InChI is InChI=1S/C17H17ClFNO2/c1-11(13-6-4-3-5-7-13)20-17(21)12(2)22-16-9-8-14(19)10-15(16)18/h3-12H,1-2H3,(H,20,21). The van der Waals surface area contributed by atoms with Gasteiger partial charge in [0.15, 0.2) is 6.10 Å². The summed E-state index contributed by atoms with van der Waals surface area (Å²) in [6, 6.07) is 13.3. The highest BCUT2D eigenvalue weighted by Gasteiger charge is 2.18. The van der Waals surface area contributed by atoms with Gasteiger partial charge >= 0.3 is 0 Å². The Labute approximate surface area is 134 Å². The van der Waals surface area contributed by atoms with Crippen LogP contribution in [0.5, 0.6) is 5.75 Å². The molecule has 2 unspecified atom stereocenters. The SMILES string of the molecule is CC(Oc1ccc(F)cc1Cl)C(=O)NC(C)c1ccccc1. The highest BCUT2D eigenvalue weighted by atomic mass is 35.5. The predicted octanol–water partition coefficient (Wildman–Crippen LogP) is 4.12. The van der Waals surface area contributed by atoms with Crippen LogP contribution in [0.1, 0.15) is 25.5 Å². The third-order valence-electron chi connectivity index (χ3n) is 3.23. The van der Waals surface area contributed by atoms with Gasteiger partial charge in [-0.3, -0.25) is 4.79 Å². The molecule has 22 heavy (non-hydrogen) atoms. The number of benzene rings is 2. The highest BCUT2D eigenvalue weighted by Crippen LogP contribution is 2.26. The zero-order chi connectivity index (χ0) is 16.1. The minimum absolute atomic E-state index is 0.135. The minimum Gasteiger partial charge on any atom is -0.479 e. The molecule has 0 radical (unpaired) electrons. The molecule has 0 saturated heterocycles. The maximum atomic E-state index is 13.0. The van der Waals surface area contributed by atoms with Crippen LogP contribution in [0.15, 0.2) is 48.5 Å². The predicted molar refractivity (Wildman–Crippen MR) is 84.5 cm³/mol. The number of rotatable bonds is 5. The van der Waals surface area contributed by atoms with Crippen LogP contribution < -0.4 is 10.1 Å². The number of halogens is 2. The van der Waals surface area contributed by atoms with Crippen LogP contribution in [0.4, 0.5) is 4.39 Å². The summed E-state index contributed by atoms with van der Waals surface area (Å²) in [7, 11) is 0. The monoisotopic (exact) mass is 321 g/mol. The smallest absolute Gasteiger partial charge is 0.261 e. The van der Waals surface area contributed by atoms with E-state index >= 15 is 0 Å². The van der Waals surface area contributed by atoms with E-state index in [9.17, 15) is 9.18 Å². The second kappa shape index (κ2) is 7.27. The first-order chi connectivity index (χ1) is 10.5. The van der Waals surface area contributed by atoms with Crippen molar-refractivity contribution in [3.63, 3.8) is 0 Å². The fraction of sp³-hybridized carbons (Fsp3) is 0.235. The molecular weight excluding hydrogens is 305 g/mol. The number of hydrogen-bond acceptors (Lipinski definition) is 2. The van der Waals surface area contributed by atoms with Crippen molar-refractivity contribution in [1.29, 1.82) is 0 Å². The van der Waals surface area contributed by atoms with Crippen LogP contribution in [0.25, 0.3) is 0 Å². The number of ether oxygens (including phenoxy) is 1. The molecule has 0 aliphatic rings. The Kier molecular flexibility index (Phi) is 5.39. The Balaban J connectivity index is 1.97. The average molecular weight is 322 g/mol. The van der Waals surface area contributed by atoms with Crippen LogP contribution in [0.2, 0.25) is 5.02 Å². The van der Waals surface area contributed by atoms with Gasteiger partial charge in [-0.2, -0.15) is 0 Å². The van der Waals surface area contributed by atoms with Gasteiger partial charge in [-0.05, 0) is 37.6 Å². The molecule has 2 aromatic rings. The van der Waals surface area contributed by atoms with Crippen molar-refractivity contribution in [3.8, 4) is 5.75 Å². The van der Waals surface area contributed by atoms with Crippen molar-refractivity contribution in [2.24, 2.45) is 0 Å². The lowest BCUT2D eigenvalue weighted by Crippen LogP contribution is -2.37. The number of carbonyl (C=O) groups is 1. The summed E-state index contributed by atoms with van der Waals surface area (Å²) in [5.41, 5.74) is 1.00.